The summed E-state index contributed by atoms with van der Waals surface area (Å²) in [4.78, 5) is 49.1. The van der Waals surface area contributed by atoms with Gasteiger partial charge in [-0.15, -0.1) is 0 Å². The van der Waals surface area contributed by atoms with Crippen molar-refractivity contribution in [3.05, 3.63) is 23.8 Å². The maximum atomic E-state index is 12.7. The van der Waals surface area contributed by atoms with E-state index in [0.29, 0.717) is 18.4 Å². The highest BCUT2D eigenvalue weighted by Crippen LogP contribution is 2.30. The first-order valence-corrected chi connectivity index (χ1v) is 15.1. The molecule has 2 N–H and O–H groups in total. The number of benzene rings is 1. The average Bonchev–Trinajstić information content (AvgIpc) is 2.97. The summed E-state index contributed by atoms with van der Waals surface area (Å²) in [6, 6.07) is 3.29. The molecule has 1 aromatic rings. The molecule has 1 unspecified atom stereocenters. The molecule has 0 fully saturated rings. The SMILES string of the molecule is CCCCCOC(=O)Oc1ccc(C[C@H](N)C(=O)O[C@@H](C)[C@H](C)OC(=O)OCC(C)CC)cc1OC(=O)OCCCCC. The summed E-state index contributed by atoms with van der Waals surface area (Å²) < 4.78 is 36.4. The van der Waals surface area contributed by atoms with Gasteiger partial charge >= 0.3 is 24.4 Å². The summed E-state index contributed by atoms with van der Waals surface area (Å²) in [6.07, 6.45) is 1.61. The van der Waals surface area contributed by atoms with Crippen molar-refractivity contribution in [2.45, 2.75) is 111 Å². The fourth-order valence-corrected chi connectivity index (χ4v) is 3.41. The molecule has 244 valence electrons. The summed E-state index contributed by atoms with van der Waals surface area (Å²) in [5.74, 6) is -0.700. The van der Waals surface area contributed by atoms with Crippen LogP contribution in [0.3, 0.4) is 0 Å². The van der Waals surface area contributed by atoms with Crippen LogP contribution in [0.25, 0.3) is 0 Å². The first-order valence-electron chi connectivity index (χ1n) is 15.1. The molecule has 0 heterocycles. The third-order valence-electron chi connectivity index (χ3n) is 6.52. The molecule has 0 saturated carbocycles. The molecule has 0 aromatic heterocycles. The molecular weight excluding hydrogens is 562 g/mol. The van der Waals surface area contributed by atoms with Gasteiger partial charge in [-0.1, -0.05) is 65.9 Å². The Balaban J connectivity index is 2.84. The minimum Gasteiger partial charge on any atom is -0.458 e. The van der Waals surface area contributed by atoms with Crippen LogP contribution in [0.2, 0.25) is 0 Å². The Labute approximate surface area is 254 Å². The molecule has 0 spiro atoms. The first kappa shape index (κ1) is 37.5. The molecule has 1 rings (SSSR count). The van der Waals surface area contributed by atoms with Crippen LogP contribution in [0, 0.1) is 5.92 Å². The second-order valence-corrected chi connectivity index (χ2v) is 10.4. The summed E-state index contributed by atoms with van der Waals surface area (Å²) >= 11 is 0. The Morgan fingerprint density at radius 3 is 1.84 bits per heavy atom. The lowest BCUT2D eigenvalue weighted by Crippen LogP contribution is -2.39. The number of nitrogens with two attached hydrogens (primary N) is 1. The molecule has 43 heavy (non-hydrogen) atoms. The lowest BCUT2D eigenvalue weighted by atomic mass is 10.1. The zero-order chi connectivity index (χ0) is 32.2. The van der Waals surface area contributed by atoms with Crippen LogP contribution in [0.4, 0.5) is 14.4 Å². The zero-order valence-corrected chi connectivity index (χ0v) is 26.4. The van der Waals surface area contributed by atoms with Crippen molar-refractivity contribution >= 4 is 24.4 Å². The van der Waals surface area contributed by atoms with Crippen molar-refractivity contribution in [3.63, 3.8) is 0 Å². The van der Waals surface area contributed by atoms with E-state index < -0.39 is 42.7 Å². The zero-order valence-electron chi connectivity index (χ0n) is 26.4. The van der Waals surface area contributed by atoms with Crippen LogP contribution >= 0.6 is 0 Å². The maximum Gasteiger partial charge on any atom is 0.513 e. The van der Waals surface area contributed by atoms with E-state index in [1.807, 2.05) is 27.7 Å². The van der Waals surface area contributed by atoms with Crippen LogP contribution in [0.1, 0.15) is 92.1 Å². The molecule has 0 saturated heterocycles. The summed E-state index contributed by atoms with van der Waals surface area (Å²) in [7, 11) is 0. The molecule has 12 nitrogen and oxygen atoms in total. The highest BCUT2D eigenvalue weighted by Gasteiger charge is 2.26. The Kier molecular flexibility index (Phi) is 18.5. The molecular formula is C31H49NO11. The van der Waals surface area contributed by atoms with Gasteiger partial charge in [-0.05, 0) is 56.7 Å². The highest BCUT2D eigenvalue weighted by atomic mass is 16.7. The minimum absolute atomic E-state index is 0.00138. The standard InChI is InChI=1S/C31H49NO11/c1-7-10-12-16-37-29(34)42-26-15-14-24(19-27(26)43-30(35)38-17-13-11-8-2)18-25(32)28(33)40-22(5)23(6)41-31(36)39-20-21(4)9-3/h14-15,19,21-23,25H,7-13,16-18,20,32H2,1-6H3/t21?,22-,23-,25-/m0/s1. The van der Waals surface area contributed by atoms with Crippen molar-refractivity contribution in [1.82, 2.24) is 0 Å². The van der Waals surface area contributed by atoms with Crippen molar-refractivity contribution in [2.75, 3.05) is 19.8 Å². The molecule has 0 bridgehead atoms. The van der Waals surface area contributed by atoms with Gasteiger partial charge in [0.2, 0.25) is 0 Å². The third kappa shape index (κ3) is 16.0. The normalized spacial score (nSPS) is 13.6. The average molecular weight is 612 g/mol. The van der Waals surface area contributed by atoms with E-state index in [1.54, 1.807) is 19.9 Å². The van der Waals surface area contributed by atoms with E-state index in [4.69, 9.17) is 38.9 Å². The lowest BCUT2D eigenvalue weighted by Gasteiger charge is -2.22. The molecule has 1 aromatic carbocycles. The van der Waals surface area contributed by atoms with Crippen LogP contribution in [-0.2, 0) is 34.9 Å². The van der Waals surface area contributed by atoms with Gasteiger partial charge in [-0.25, -0.2) is 14.4 Å². The minimum atomic E-state index is -1.10. The summed E-state index contributed by atoms with van der Waals surface area (Å²) in [5.41, 5.74) is 6.59. The van der Waals surface area contributed by atoms with Crippen LogP contribution in [0.15, 0.2) is 18.2 Å². The number of carbonyl (C=O) groups is 4. The van der Waals surface area contributed by atoms with E-state index in [0.717, 1.165) is 32.1 Å². The predicted molar refractivity (Wildman–Crippen MR) is 158 cm³/mol. The molecule has 0 aliphatic rings. The molecule has 0 radical (unpaired) electrons. The predicted octanol–water partition coefficient (Wildman–Crippen LogP) is 6.49. The second kappa shape index (κ2) is 21.2. The number of esters is 1. The number of hydrogen-bond donors (Lipinski definition) is 1. The van der Waals surface area contributed by atoms with E-state index >= 15 is 0 Å². The Morgan fingerprint density at radius 2 is 1.28 bits per heavy atom. The summed E-state index contributed by atoms with van der Waals surface area (Å²) in [5, 5.41) is 0. The lowest BCUT2D eigenvalue weighted by molar-refractivity contribution is -0.155. The van der Waals surface area contributed by atoms with E-state index in [9.17, 15) is 19.2 Å². The van der Waals surface area contributed by atoms with Gasteiger partial charge in [0.15, 0.2) is 11.5 Å². The molecule has 12 heteroatoms. The van der Waals surface area contributed by atoms with Gasteiger partial charge in [-0.2, -0.15) is 0 Å². The van der Waals surface area contributed by atoms with Gasteiger partial charge in [0.25, 0.3) is 0 Å². The smallest absolute Gasteiger partial charge is 0.458 e. The quantitative estimate of drug-likeness (QED) is 0.0785. The van der Waals surface area contributed by atoms with Crippen molar-refractivity contribution in [2.24, 2.45) is 11.7 Å². The topological polar surface area (TPSA) is 159 Å². The van der Waals surface area contributed by atoms with Gasteiger partial charge in [0.05, 0.1) is 19.8 Å². The van der Waals surface area contributed by atoms with Gasteiger partial charge in [-0.3, -0.25) is 4.79 Å². The number of ether oxygens (including phenoxy) is 7. The second-order valence-electron chi connectivity index (χ2n) is 10.4. The van der Waals surface area contributed by atoms with Crippen LogP contribution < -0.4 is 15.2 Å². The highest BCUT2D eigenvalue weighted by molar-refractivity contribution is 5.76. The molecule has 4 atom stereocenters. The van der Waals surface area contributed by atoms with Crippen molar-refractivity contribution in [3.8, 4) is 11.5 Å². The summed E-state index contributed by atoms with van der Waals surface area (Å²) in [6.45, 7) is 11.7. The van der Waals surface area contributed by atoms with E-state index in [1.165, 1.54) is 12.1 Å². The molecule has 0 aliphatic heterocycles. The van der Waals surface area contributed by atoms with Crippen molar-refractivity contribution in [1.29, 1.82) is 0 Å². The Morgan fingerprint density at radius 1 is 0.721 bits per heavy atom. The Bertz CT molecular complexity index is 1000. The Hall–Kier alpha value is -3.54. The number of carbonyl (C=O) groups excluding carboxylic acids is 4. The van der Waals surface area contributed by atoms with Gasteiger partial charge in [0, 0.05) is 0 Å². The maximum absolute atomic E-state index is 12.7. The molecule has 0 aliphatic carbocycles. The van der Waals surface area contributed by atoms with Gasteiger partial charge in [0.1, 0.15) is 18.2 Å². The molecule has 0 amide bonds. The number of rotatable bonds is 19. The largest absolute Gasteiger partial charge is 0.513 e. The first-order chi connectivity index (χ1) is 20.5. The monoisotopic (exact) mass is 611 g/mol. The third-order valence-corrected chi connectivity index (χ3v) is 6.52. The fraction of sp³-hybridized carbons (Fsp3) is 0.677. The fourth-order valence-electron chi connectivity index (χ4n) is 3.41. The van der Waals surface area contributed by atoms with Crippen LogP contribution in [0.5, 0.6) is 11.5 Å². The van der Waals surface area contributed by atoms with E-state index in [2.05, 4.69) is 0 Å². The number of hydrogen-bond acceptors (Lipinski definition) is 12. The van der Waals surface area contributed by atoms with Gasteiger partial charge < -0.3 is 38.9 Å². The number of unbranched alkanes of at least 4 members (excludes halogenated alkanes) is 4. The van der Waals surface area contributed by atoms with Crippen LogP contribution in [-0.4, -0.2) is 62.5 Å². The van der Waals surface area contributed by atoms with Crippen molar-refractivity contribution < 1.29 is 52.3 Å². The van der Waals surface area contributed by atoms with E-state index in [-0.39, 0.29) is 43.7 Å².